The Kier molecular flexibility index (Phi) is 3.31. The molecule has 2 heterocycles. The summed E-state index contributed by atoms with van der Waals surface area (Å²) in [7, 11) is 1.31. The van der Waals surface area contributed by atoms with E-state index in [4.69, 9.17) is 9.47 Å². The largest absolute Gasteiger partial charge is 0.508 e. The summed E-state index contributed by atoms with van der Waals surface area (Å²) in [5, 5.41) is 14.5. The highest BCUT2D eigenvalue weighted by Crippen LogP contribution is 2.30. The van der Waals surface area contributed by atoms with E-state index >= 15 is 0 Å². The lowest BCUT2D eigenvalue weighted by Crippen LogP contribution is -2.19. The number of esters is 1. The summed E-state index contributed by atoms with van der Waals surface area (Å²) < 4.78 is 12.2. The van der Waals surface area contributed by atoms with E-state index < -0.39 is 5.97 Å². The summed E-state index contributed by atoms with van der Waals surface area (Å²) in [6.07, 6.45) is 2.80. The van der Waals surface area contributed by atoms with Gasteiger partial charge in [-0.05, 0) is 37.5 Å². The van der Waals surface area contributed by atoms with Gasteiger partial charge in [0.2, 0.25) is 0 Å². The SMILES string of the molecule is COC(=O)c1nn(C2CCCCO2)c2ccc(O)cc12. The third kappa shape index (κ3) is 2.12. The number of fused-ring (bicyclic) bond motifs is 1. The van der Waals surface area contributed by atoms with Crippen molar-refractivity contribution in [3.05, 3.63) is 23.9 Å². The first-order valence-electron chi connectivity index (χ1n) is 6.62. The van der Waals surface area contributed by atoms with Crippen molar-refractivity contribution in [3.63, 3.8) is 0 Å². The number of nitrogens with zero attached hydrogens (tertiary/aromatic N) is 2. The van der Waals surface area contributed by atoms with Crippen LogP contribution in [-0.4, -0.2) is 34.6 Å². The number of carbonyl (C=O) groups is 1. The number of benzene rings is 1. The molecule has 1 aliphatic heterocycles. The fraction of sp³-hybridized carbons (Fsp3) is 0.429. The maximum absolute atomic E-state index is 11.8. The smallest absolute Gasteiger partial charge is 0.359 e. The minimum absolute atomic E-state index is 0.0896. The zero-order valence-electron chi connectivity index (χ0n) is 11.2. The number of phenols is 1. The maximum atomic E-state index is 11.8. The van der Waals surface area contributed by atoms with Crippen LogP contribution in [0.2, 0.25) is 0 Å². The van der Waals surface area contributed by atoms with E-state index in [1.807, 2.05) is 0 Å². The first-order chi connectivity index (χ1) is 9.70. The second-order valence-electron chi connectivity index (χ2n) is 4.81. The summed E-state index contributed by atoms with van der Waals surface area (Å²) in [6.45, 7) is 0.692. The zero-order valence-corrected chi connectivity index (χ0v) is 11.2. The van der Waals surface area contributed by atoms with Crippen molar-refractivity contribution in [1.82, 2.24) is 9.78 Å². The minimum Gasteiger partial charge on any atom is -0.508 e. The monoisotopic (exact) mass is 276 g/mol. The first-order valence-corrected chi connectivity index (χ1v) is 6.62. The van der Waals surface area contributed by atoms with Crippen LogP contribution in [-0.2, 0) is 9.47 Å². The predicted octanol–water partition coefficient (Wildman–Crippen LogP) is 2.23. The highest BCUT2D eigenvalue weighted by molar-refractivity contribution is 6.02. The van der Waals surface area contributed by atoms with Crippen LogP contribution in [0.5, 0.6) is 5.75 Å². The van der Waals surface area contributed by atoms with Crippen molar-refractivity contribution in [1.29, 1.82) is 0 Å². The molecular weight excluding hydrogens is 260 g/mol. The second-order valence-corrected chi connectivity index (χ2v) is 4.81. The molecule has 0 saturated carbocycles. The van der Waals surface area contributed by atoms with Gasteiger partial charge >= 0.3 is 5.97 Å². The Morgan fingerprint density at radius 1 is 1.50 bits per heavy atom. The molecule has 1 unspecified atom stereocenters. The van der Waals surface area contributed by atoms with Crippen LogP contribution >= 0.6 is 0 Å². The molecule has 1 aromatic heterocycles. The number of hydrogen-bond donors (Lipinski definition) is 1. The number of hydrogen-bond acceptors (Lipinski definition) is 5. The van der Waals surface area contributed by atoms with E-state index in [1.165, 1.54) is 13.2 Å². The number of carbonyl (C=O) groups excluding carboxylic acids is 1. The summed E-state index contributed by atoms with van der Waals surface area (Å²) >= 11 is 0. The van der Waals surface area contributed by atoms with Gasteiger partial charge in [-0.15, -0.1) is 0 Å². The van der Waals surface area contributed by atoms with Gasteiger partial charge in [-0.2, -0.15) is 5.10 Å². The Morgan fingerprint density at radius 3 is 3.05 bits per heavy atom. The third-order valence-corrected chi connectivity index (χ3v) is 3.50. The average molecular weight is 276 g/mol. The van der Waals surface area contributed by atoms with Crippen molar-refractivity contribution >= 4 is 16.9 Å². The molecule has 0 spiro atoms. The molecule has 1 saturated heterocycles. The molecule has 0 aliphatic carbocycles. The fourth-order valence-corrected chi connectivity index (χ4v) is 2.51. The molecule has 0 radical (unpaired) electrons. The van der Waals surface area contributed by atoms with Crippen LogP contribution < -0.4 is 0 Å². The zero-order chi connectivity index (χ0) is 14.1. The van der Waals surface area contributed by atoms with Crippen LogP contribution in [0.1, 0.15) is 36.0 Å². The van der Waals surface area contributed by atoms with E-state index in [2.05, 4.69) is 5.10 Å². The Morgan fingerprint density at radius 2 is 2.35 bits per heavy atom. The molecule has 1 atom stereocenters. The van der Waals surface area contributed by atoms with Gasteiger partial charge in [-0.1, -0.05) is 0 Å². The molecule has 1 N–H and O–H groups in total. The van der Waals surface area contributed by atoms with Crippen LogP contribution in [0.4, 0.5) is 0 Å². The van der Waals surface area contributed by atoms with Crippen LogP contribution in [0.25, 0.3) is 10.9 Å². The van der Waals surface area contributed by atoms with Gasteiger partial charge in [0.1, 0.15) is 5.75 Å². The Labute approximate surface area is 115 Å². The molecule has 106 valence electrons. The van der Waals surface area contributed by atoms with Gasteiger partial charge in [0.05, 0.1) is 12.6 Å². The highest BCUT2D eigenvalue weighted by atomic mass is 16.5. The first kappa shape index (κ1) is 12.9. The van der Waals surface area contributed by atoms with E-state index in [-0.39, 0.29) is 17.7 Å². The molecule has 3 rings (SSSR count). The number of rotatable bonds is 2. The van der Waals surface area contributed by atoms with Crippen molar-refractivity contribution in [2.24, 2.45) is 0 Å². The molecular formula is C14H16N2O4. The lowest BCUT2D eigenvalue weighted by molar-refractivity contribution is -0.0369. The van der Waals surface area contributed by atoms with Gasteiger partial charge in [0.15, 0.2) is 11.9 Å². The number of ether oxygens (including phenoxy) is 2. The maximum Gasteiger partial charge on any atom is 0.359 e. The average Bonchev–Trinajstić information content (AvgIpc) is 2.86. The molecule has 6 heteroatoms. The van der Waals surface area contributed by atoms with Gasteiger partial charge in [0.25, 0.3) is 0 Å². The number of methoxy groups -OCH3 is 1. The molecule has 1 aliphatic rings. The predicted molar refractivity (Wildman–Crippen MR) is 71.6 cm³/mol. The van der Waals surface area contributed by atoms with Crippen molar-refractivity contribution in [2.45, 2.75) is 25.5 Å². The van der Waals surface area contributed by atoms with Crippen LogP contribution in [0.3, 0.4) is 0 Å². The van der Waals surface area contributed by atoms with Gasteiger partial charge in [0, 0.05) is 12.0 Å². The third-order valence-electron chi connectivity index (χ3n) is 3.50. The lowest BCUT2D eigenvalue weighted by atomic mass is 10.1. The van der Waals surface area contributed by atoms with Gasteiger partial charge < -0.3 is 14.6 Å². The summed E-state index contributed by atoms with van der Waals surface area (Å²) in [4.78, 5) is 11.8. The van der Waals surface area contributed by atoms with Crippen molar-refractivity contribution < 1.29 is 19.4 Å². The van der Waals surface area contributed by atoms with E-state index in [1.54, 1.807) is 16.8 Å². The van der Waals surface area contributed by atoms with E-state index in [0.29, 0.717) is 12.0 Å². The molecule has 20 heavy (non-hydrogen) atoms. The quantitative estimate of drug-likeness (QED) is 0.851. The van der Waals surface area contributed by atoms with Crippen LogP contribution in [0.15, 0.2) is 18.2 Å². The molecule has 0 amide bonds. The van der Waals surface area contributed by atoms with Crippen molar-refractivity contribution in [3.8, 4) is 5.75 Å². The van der Waals surface area contributed by atoms with E-state index in [0.717, 1.165) is 24.8 Å². The Hall–Kier alpha value is -2.08. The van der Waals surface area contributed by atoms with E-state index in [9.17, 15) is 9.90 Å². The summed E-state index contributed by atoms with van der Waals surface area (Å²) in [5.74, 6) is -0.429. The topological polar surface area (TPSA) is 73.6 Å². The summed E-state index contributed by atoms with van der Waals surface area (Å²) in [6, 6.07) is 4.83. The Bertz CT molecular complexity index is 644. The number of aromatic nitrogens is 2. The van der Waals surface area contributed by atoms with Gasteiger partial charge in [-0.25, -0.2) is 9.48 Å². The standard InChI is InChI=1S/C14H16N2O4/c1-19-14(18)13-10-8-9(17)5-6-11(10)16(15-13)12-4-2-3-7-20-12/h5-6,8,12,17H,2-4,7H2,1H3. The summed E-state index contributed by atoms with van der Waals surface area (Å²) in [5.41, 5.74) is 0.961. The highest BCUT2D eigenvalue weighted by Gasteiger charge is 2.24. The number of aromatic hydroxyl groups is 1. The molecule has 6 nitrogen and oxygen atoms in total. The minimum atomic E-state index is -0.518. The molecule has 1 aromatic carbocycles. The fourth-order valence-electron chi connectivity index (χ4n) is 2.51. The van der Waals surface area contributed by atoms with Crippen molar-refractivity contribution in [2.75, 3.05) is 13.7 Å². The molecule has 0 bridgehead atoms. The normalized spacial score (nSPS) is 19.1. The second kappa shape index (κ2) is 5.13. The Balaban J connectivity index is 2.14. The van der Waals surface area contributed by atoms with Crippen LogP contribution in [0, 0.1) is 0 Å². The lowest BCUT2D eigenvalue weighted by Gasteiger charge is -2.23. The van der Waals surface area contributed by atoms with Gasteiger partial charge in [-0.3, -0.25) is 0 Å². The number of phenolic OH excluding ortho intramolecular Hbond substituents is 1. The molecule has 2 aromatic rings. The molecule has 1 fully saturated rings.